The van der Waals surface area contributed by atoms with Crippen LogP contribution in [0.3, 0.4) is 0 Å². The average molecular weight is 492 g/mol. The van der Waals surface area contributed by atoms with Gasteiger partial charge in [-0.1, -0.05) is 86.0 Å². The van der Waals surface area contributed by atoms with Gasteiger partial charge in [-0.3, -0.25) is 0 Å². The van der Waals surface area contributed by atoms with Gasteiger partial charge in [0.25, 0.3) is 0 Å². The quantitative estimate of drug-likeness (QED) is 0.326. The van der Waals surface area contributed by atoms with E-state index in [9.17, 15) is 26.3 Å². The molecule has 8 heteroatoms. The number of benzene rings is 1. The van der Waals surface area contributed by atoms with Gasteiger partial charge in [0, 0.05) is 12.7 Å². The molecule has 0 aliphatic heterocycles. The first kappa shape index (κ1) is 33.1. The van der Waals surface area contributed by atoms with Crippen LogP contribution in [0.1, 0.15) is 104 Å². The SMILES string of the molecule is CC(C)C.CC(Cl)(C(F)(F)F)C(F)(F)F.CNc1c(C(C)C)cc(C(C)C)cc1C(C)C. The van der Waals surface area contributed by atoms with Gasteiger partial charge in [0.1, 0.15) is 0 Å². The fourth-order valence-corrected chi connectivity index (χ4v) is 2.41. The summed E-state index contributed by atoms with van der Waals surface area (Å²) in [5.41, 5.74) is 5.68. The molecular formula is C24H40ClF6N. The smallest absolute Gasteiger partial charge is 0.388 e. The van der Waals surface area contributed by atoms with E-state index < -0.39 is 17.2 Å². The first-order valence-corrected chi connectivity index (χ1v) is 11.2. The van der Waals surface area contributed by atoms with Crippen molar-refractivity contribution in [3.63, 3.8) is 0 Å². The second kappa shape index (κ2) is 13.0. The van der Waals surface area contributed by atoms with Gasteiger partial charge < -0.3 is 5.32 Å². The molecule has 32 heavy (non-hydrogen) atoms. The van der Waals surface area contributed by atoms with Gasteiger partial charge in [-0.2, -0.15) is 26.3 Å². The normalized spacial score (nSPS) is 12.6. The molecular weight excluding hydrogens is 452 g/mol. The number of hydrogen-bond donors (Lipinski definition) is 1. The van der Waals surface area contributed by atoms with E-state index in [-0.39, 0.29) is 6.92 Å². The Labute approximate surface area is 195 Å². The molecule has 0 aliphatic rings. The molecule has 0 heterocycles. The van der Waals surface area contributed by atoms with Crippen molar-refractivity contribution in [3.05, 3.63) is 28.8 Å². The lowest BCUT2D eigenvalue weighted by Gasteiger charge is -2.27. The Morgan fingerprint density at radius 3 is 1.09 bits per heavy atom. The van der Waals surface area contributed by atoms with Gasteiger partial charge in [-0.15, -0.1) is 0 Å². The molecule has 0 atom stereocenters. The standard InChI is InChI=1S/C16H27N.C4H3ClF6.C4H10/c1-10(2)13-8-14(11(3)4)16(17-7)15(9-13)12(5)6;1-2(5,3(6,7)8)4(9,10)11;1-4(2)3/h8-12,17H,1-7H3;1H3;4H,1-3H3. The van der Waals surface area contributed by atoms with Gasteiger partial charge in [0.05, 0.1) is 0 Å². The maximum absolute atomic E-state index is 11.5. The third-order valence-corrected chi connectivity index (χ3v) is 4.88. The Hall–Kier alpha value is -1.11. The monoisotopic (exact) mass is 491 g/mol. The molecule has 1 aromatic carbocycles. The average Bonchev–Trinajstić information content (AvgIpc) is 2.58. The van der Waals surface area contributed by atoms with E-state index in [4.69, 9.17) is 0 Å². The van der Waals surface area contributed by atoms with Crippen LogP contribution in [-0.2, 0) is 0 Å². The highest BCUT2D eigenvalue weighted by Crippen LogP contribution is 2.47. The Bertz CT molecular complexity index is 626. The summed E-state index contributed by atoms with van der Waals surface area (Å²) in [4.78, 5) is -4.15. The molecule has 0 radical (unpaired) electrons. The summed E-state index contributed by atoms with van der Waals surface area (Å²) in [6, 6.07) is 4.74. The number of halogens is 7. The predicted molar refractivity (Wildman–Crippen MR) is 125 cm³/mol. The highest BCUT2D eigenvalue weighted by molar-refractivity contribution is 6.24. The van der Waals surface area contributed by atoms with Crippen molar-refractivity contribution in [1.29, 1.82) is 0 Å². The van der Waals surface area contributed by atoms with E-state index in [1.165, 1.54) is 22.4 Å². The molecule has 1 N–H and O–H groups in total. The summed E-state index contributed by atoms with van der Waals surface area (Å²) in [5.74, 6) is 2.55. The van der Waals surface area contributed by atoms with E-state index >= 15 is 0 Å². The minimum Gasteiger partial charge on any atom is -0.388 e. The zero-order chi connectivity index (χ0) is 26.2. The van der Waals surface area contributed by atoms with Crippen molar-refractivity contribution in [2.24, 2.45) is 5.92 Å². The Morgan fingerprint density at radius 1 is 0.688 bits per heavy atom. The van der Waals surface area contributed by atoms with E-state index in [0.717, 1.165) is 5.92 Å². The largest absolute Gasteiger partial charge is 0.416 e. The van der Waals surface area contributed by atoms with Crippen molar-refractivity contribution in [2.45, 2.75) is 104 Å². The molecule has 190 valence electrons. The van der Waals surface area contributed by atoms with Crippen LogP contribution in [-0.4, -0.2) is 24.3 Å². The van der Waals surface area contributed by atoms with E-state index in [1.807, 2.05) is 7.05 Å². The summed E-state index contributed by atoms with van der Waals surface area (Å²) in [6.45, 7) is 20.0. The molecule has 1 rings (SSSR count). The van der Waals surface area contributed by atoms with Crippen LogP contribution in [0.2, 0.25) is 0 Å². The van der Waals surface area contributed by atoms with Crippen molar-refractivity contribution in [2.75, 3.05) is 12.4 Å². The molecule has 0 spiro atoms. The minimum atomic E-state index is -5.48. The van der Waals surface area contributed by atoms with Crippen LogP contribution in [0.15, 0.2) is 12.1 Å². The van der Waals surface area contributed by atoms with Crippen LogP contribution in [0.5, 0.6) is 0 Å². The highest BCUT2D eigenvalue weighted by Gasteiger charge is 2.66. The van der Waals surface area contributed by atoms with Gasteiger partial charge >= 0.3 is 12.4 Å². The summed E-state index contributed by atoms with van der Waals surface area (Å²) in [6.07, 6.45) is -11.0. The summed E-state index contributed by atoms with van der Waals surface area (Å²) < 4.78 is 68.9. The van der Waals surface area contributed by atoms with E-state index in [2.05, 4.69) is 91.4 Å². The molecule has 0 fully saturated rings. The first-order valence-electron chi connectivity index (χ1n) is 10.8. The van der Waals surface area contributed by atoms with Crippen LogP contribution in [0.25, 0.3) is 0 Å². The van der Waals surface area contributed by atoms with Gasteiger partial charge in [0.15, 0.2) is 0 Å². The second-order valence-electron chi connectivity index (χ2n) is 9.52. The third-order valence-electron chi connectivity index (χ3n) is 4.45. The van der Waals surface area contributed by atoms with Crippen LogP contribution in [0, 0.1) is 5.92 Å². The molecule has 0 saturated carbocycles. The Kier molecular flexibility index (Phi) is 13.4. The predicted octanol–water partition coefficient (Wildman–Crippen LogP) is 9.87. The molecule has 1 aromatic rings. The number of anilines is 1. The van der Waals surface area contributed by atoms with Crippen molar-refractivity contribution in [1.82, 2.24) is 0 Å². The lowest BCUT2D eigenvalue weighted by Crippen LogP contribution is -2.49. The number of nitrogens with one attached hydrogen (secondary N) is 1. The lowest BCUT2D eigenvalue weighted by atomic mass is 9.87. The first-order chi connectivity index (χ1) is 14.1. The zero-order valence-electron chi connectivity index (χ0n) is 21.1. The Balaban J connectivity index is 0. The van der Waals surface area contributed by atoms with E-state index in [0.29, 0.717) is 17.8 Å². The van der Waals surface area contributed by atoms with Crippen molar-refractivity contribution in [3.8, 4) is 0 Å². The molecule has 0 saturated heterocycles. The summed E-state index contributed by atoms with van der Waals surface area (Å²) in [7, 11) is 2.03. The fraction of sp³-hybridized carbons (Fsp3) is 0.750. The van der Waals surface area contributed by atoms with Crippen molar-refractivity contribution >= 4 is 17.3 Å². The Morgan fingerprint density at radius 2 is 0.969 bits per heavy atom. The lowest BCUT2D eigenvalue weighted by molar-refractivity contribution is -0.262. The molecule has 0 unspecified atom stereocenters. The molecule has 0 aliphatic carbocycles. The van der Waals surface area contributed by atoms with Crippen molar-refractivity contribution < 1.29 is 26.3 Å². The zero-order valence-corrected chi connectivity index (χ0v) is 21.9. The van der Waals surface area contributed by atoms with Gasteiger partial charge in [0.2, 0.25) is 4.87 Å². The van der Waals surface area contributed by atoms with Crippen LogP contribution in [0.4, 0.5) is 32.0 Å². The fourth-order valence-electron chi connectivity index (χ4n) is 2.41. The molecule has 0 aromatic heterocycles. The highest BCUT2D eigenvalue weighted by atomic mass is 35.5. The molecule has 0 bridgehead atoms. The van der Waals surface area contributed by atoms with Crippen LogP contribution >= 0.6 is 11.6 Å². The minimum absolute atomic E-state index is 0.130. The summed E-state index contributed by atoms with van der Waals surface area (Å²) >= 11 is 4.24. The van der Waals surface area contributed by atoms with E-state index in [1.54, 1.807) is 0 Å². The summed E-state index contributed by atoms with van der Waals surface area (Å²) in [5, 5.41) is 3.39. The van der Waals surface area contributed by atoms with Crippen LogP contribution < -0.4 is 5.32 Å². The molecule has 0 amide bonds. The number of hydrogen-bond acceptors (Lipinski definition) is 1. The maximum atomic E-state index is 11.5. The number of rotatable bonds is 4. The second-order valence-corrected chi connectivity index (χ2v) is 10.3. The maximum Gasteiger partial charge on any atom is 0.416 e. The van der Waals surface area contributed by atoms with Gasteiger partial charge in [-0.25, -0.2) is 0 Å². The topological polar surface area (TPSA) is 12.0 Å². The number of alkyl halides is 7. The molecule has 1 nitrogen and oxygen atoms in total. The van der Waals surface area contributed by atoms with Gasteiger partial charge in [-0.05, 0) is 47.3 Å². The third kappa shape index (κ3) is 10.2.